The number of thiophene rings is 1. The van der Waals surface area contributed by atoms with E-state index in [2.05, 4.69) is 74.5 Å². The van der Waals surface area contributed by atoms with Crippen LogP contribution in [-0.4, -0.2) is 0 Å². The molecule has 2 heteroatoms. The second-order valence-electron chi connectivity index (χ2n) is 16.1. The summed E-state index contributed by atoms with van der Waals surface area (Å²) >= 11 is 1.96. The average Bonchev–Trinajstić information content (AvgIpc) is 3.73. The molecule has 1 nitrogen and oxygen atoms in total. The third kappa shape index (κ3) is 10.6. The van der Waals surface area contributed by atoms with Gasteiger partial charge in [0.05, 0.1) is 0 Å². The Morgan fingerprint density at radius 3 is 1.29 bits per heavy atom. The number of benzene rings is 4. The highest BCUT2D eigenvalue weighted by molar-refractivity contribution is 7.26. The summed E-state index contributed by atoms with van der Waals surface area (Å²) in [6, 6.07) is 23.5. The first kappa shape index (κ1) is 38.9. The number of unbranched alkanes of at least 4 members (excludes halogenated alkanes) is 22. The predicted octanol–water partition coefficient (Wildman–Crippen LogP) is 17.6. The molecule has 0 atom stereocenters. The van der Waals surface area contributed by atoms with E-state index in [0.717, 1.165) is 17.6 Å². The van der Waals surface area contributed by atoms with E-state index in [4.69, 9.17) is 4.42 Å². The molecule has 52 heavy (non-hydrogen) atoms. The zero-order chi connectivity index (χ0) is 35.8. The minimum atomic E-state index is 1.04. The maximum absolute atomic E-state index is 6.68. The standard InChI is InChI=1S/C50H68OS/c1-3-5-7-9-11-13-15-17-19-21-23-25-27-39-29-31-41-43-33-36-46-44(49(43)51-47(41)37-39)34-35-45-42-32-30-40(38-48(42)52-50(45)46)28-26-24-22-20-18-16-14-12-10-8-6-4-2/h29-38H,3-28H2,1-2H3. The van der Waals surface area contributed by atoms with Gasteiger partial charge in [-0.15, -0.1) is 11.3 Å². The zero-order valence-electron chi connectivity index (χ0n) is 33.0. The van der Waals surface area contributed by atoms with E-state index in [1.54, 1.807) is 0 Å². The van der Waals surface area contributed by atoms with Gasteiger partial charge in [-0.2, -0.15) is 0 Å². The molecule has 0 aliphatic carbocycles. The predicted molar refractivity (Wildman–Crippen MR) is 234 cm³/mol. The van der Waals surface area contributed by atoms with Crippen molar-refractivity contribution in [3.8, 4) is 0 Å². The van der Waals surface area contributed by atoms with Gasteiger partial charge in [0.25, 0.3) is 0 Å². The smallest absolute Gasteiger partial charge is 0.143 e. The first-order valence-electron chi connectivity index (χ1n) is 22.0. The van der Waals surface area contributed by atoms with E-state index < -0.39 is 0 Å². The van der Waals surface area contributed by atoms with Gasteiger partial charge >= 0.3 is 0 Å². The third-order valence-corrected chi connectivity index (χ3v) is 13.0. The largest absolute Gasteiger partial charge is 0.455 e. The summed E-state index contributed by atoms with van der Waals surface area (Å²) in [6.45, 7) is 4.60. The van der Waals surface area contributed by atoms with E-state index in [-0.39, 0.29) is 0 Å². The van der Waals surface area contributed by atoms with Gasteiger partial charge in [0.1, 0.15) is 11.2 Å². The highest BCUT2D eigenvalue weighted by Crippen LogP contribution is 2.42. The van der Waals surface area contributed by atoms with Crippen LogP contribution in [0.4, 0.5) is 0 Å². The fourth-order valence-electron chi connectivity index (χ4n) is 8.61. The molecule has 0 N–H and O–H groups in total. The van der Waals surface area contributed by atoms with Crippen molar-refractivity contribution in [2.45, 2.75) is 181 Å². The molecule has 4 aromatic carbocycles. The lowest BCUT2D eigenvalue weighted by Crippen LogP contribution is -1.86. The summed E-state index contributed by atoms with van der Waals surface area (Å²) in [4.78, 5) is 0. The lowest BCUT2D eigenvalue weighted by Gasteiger charge is -2.04. The van der Waals surface area contributed by atoms with Crippen molar-refractivity contribution in [1.82, 2.24) is 0 Å². The molecule has 0 radical (unpaired) electrons. The normalized spacial score (nSPS) is 12.1. The minimum absolute atomic E-state index is 1.04. The molecule has 2 aromatic heterocycles. The van der Waals surface area contributed by atoms with E-state index in [1.807, 2.05) is 11.3 Å². The number of fused-ring (bicyclic) bond motifs is 9. The number of hydrogen-bond donors (Lipinski definition) is 0. The average molecular weight is 717 g/mol. The molecule has 6 aromatic rings. The van der Waals surface area contributed by atoms with Crippen LogP contribution in [0, 0.1) is 0 Å². The Morgan fingerprint density at radius 1 is 0.385 bits per heavy atom. The van der Waals surface area contributed by atoms with Gasteiger partial charge in [-0.1, -0.05) is 192 Å². The van der Waals surface area contributed by atoms with Crippen LogP contribution >= 0.6 is 11.3 Å². The van der Waals surface area contributed by atoms with E-state index in [1.165, 1.54) is 213 Å². The maximum atomic E-state index is 6.68. The molecule has 280 valence electrons. The molecule has 0 saturated heterocycles. The number of furan rings is 1. The van der Waals surface area contributed by atoms with Gasteiger partial charge in [-0.3, -0.25) is 0 Å². The van der Waals surface area contributed by atoms with Crippen molar-refractivity contribution in [2.75, 3.05) is 0 Å². The summed E-state index contributed by atoms with van der Waals surface area (Å²) in [5.74, 6) is 0. The number of rotatable bonds is 26. The fraction of sp³-hybridized carbons (Fsp3) is 0.560. The van der Waals surface area contributed by atoms with Crippen molar-refractivity contribution in [1.29, 1.82) is 0 Å². The maximum Gasteiger partial charge on any atom is 0.143 e. The Labute approximate surface area is 319 Å². The van der Waals surface area contributed by atoms with Crippen LogP contribution in [0.3, 0.4) is 0 Å². The molecular weight excluding hydrogens is 649 g/mol. The molecule has 0 aliphatic rings. The van der Waals surface area contributed by atoms with Crippen LogP contribution in [0.5, 0.6) is 0 Å². The number of aryl methyl sites for hydroxylation is 2. The van der Waals surface area contributed by atoms with E-state index in [9.17, 15) is 0 Å². The second-order valence-corrected chi connectivity index (χ2v) is 17.2. The summed E-state index contributed by atoms with van der Waals surface area (Å²) < 4.78 is 9.49. The second kappa shape index (κ2) is 21.2. The molecule has 0 fully saturated rings. The molecule has 0 amide bonds. The van der Waals surface area contributed by atoms with Crippen LogP contribution < -0.4 is 0 Å². The molecule has 0 aliphatic heterocycles. The first-order valence-corrected chi connectivity index (χ1v) is 22.8. The monoisotopic (exact) mass is 716 g/mol. The zero-order valence-corrected chi connectivity index (χ0v) is 33.8. The van der Waals surface area contributed by atoms with E-state index >= 15 is 0 Å². The molecular formula is C50H68OS. The highest BCUT2D eigenvalue weighted by atomic mass is 32.1. The Bertz CT molecular complexity index is 1800. The Balaban J connectivity index is 0.999. The minimum Gasteiger partial charge on any atom is -0.455 e. The SMILES string of the molecule is CCCCCCCCCCCCCCc1ccc2c(c1)oc1c2ccc2c1ccc1c3ccc(CCCCCCCCCCCCCC)cc3sc12. The summed E-state index contributed by atoms with van der Waals surface area (Å²) in [6.07, 6.45) is 36.0. The molecule has 6 rings (SSSR count). The lowest BCUT2D eigenvalue weighted by atomic mass is 10.0. The highest BCUT2D eigenvalue weighted by Gasteiger charge is 2.15. The van der Waals surface area contributed by atoms with Crippen molar-refractivity contribution in [3.63, 3.8) is 0 Å². The van der Waals surface area contributed by atoms with Gasteiger partial charge in [0.15, 0.2) is 0 Å². The van der Waals surface area contributed by atoms with Gasteiger partial charge in [0, 0.05) is 41.7 Å². The molecule has 0 spiro atoms. The van der Waals surface area contributed by atoms with E-state index in [0.29, 0.717) is 0 Å². The Kier molecular flexibility index (Phi) is 15.8. The Morgan fingerprint density at radius 2 is 0.769 bits per heavy atom. The Hall–Kier alpha value is -2.84. The van der Waals surface area contributed by atoms with Crippen LogP contribution in [0.15, 0.2) is 65.1 Å². The molecule has 0 unspecified atom stereocenters. The topological polar surface area (TPSA) is 13.1 Å². The lowest BCUT2D eigenvalue weighted by molar-refractivity contribution is 0.544. The van der Waals surface area contributed by atoms with Gasteiger partial charge in [0.2, 0.25) is 0 Å². The summed E-state index contributed by atoms with van der Waals surface area (Å²) in [5, 5.41) is 7.83. The summed E-state index contributed by atoms with van der Waals surface area (Å²) in [7, 11) is 0. The third-order valence-electron chi connectivity index (χ3n) is 11.8. The first-order chi connectivity index (χ1) is 25.8. The number of hydrogen-bond acceptors (Lipinski definition) is 2. The van der Waals surface area contributed by atoms with Gasteiger partial charge < -0.3 is 4.42 Å². The molecule has 0 saturated carbocycles. The molecule has 2 heterocycles. The quantitative estimate of drug-likeness (QED) is 0.0509. The van der Waals surface area contributed by atoms with Crippen molar-refractivity contribution in [2.24, 2.45) is 0 Å². The van der Waals surface area contributed by atoms with Crippen molar-refractivity contribution < 1.29 is 4.42 Å². The fourth-order valence-corrected chi connectivity index (χ4v) is 9.91. The van der Waals surface area contributed by atoms with Crippen molar-refractivity contribution >= 4 is 64.2 Å². The molecule has 0 bridgehead atoms. The van der Waals surface area contributed by atoms with Crippen LogP contribution in [0.2, 0.25) is 0 Å². The summed E-state index contributed by atoms with van der Waals surface area (Å²) in [5.41, 5.74) is 4.99. The van der Waals surface area contributed by atoms with Crippen LogP contribution in [-0.2, 0) is 12.8 Å². The van der Waals surface area contributed by atoms with Crippen molar-refractivity contribution in [3.05, 3.63) is 71.8 Å². The van der Waals surface area contributed by atoms with Crippen LogP contribution in [0.25, 0.3) is 52.9 Å². The van der Waals surface area contributed by atoms with Gasteiger partial charge in [-0.25, -0.2) is 0 Å². The van der Waals surface area contributed by atoms with Crippen LogP contribution in [0.1, 0.15) is 179 Å². The van der Waals surface area contributed by atoms with Gasteiger partial charge in [-0.05, 0) is 61.1 Å².